The predicted octanol–water partition coefficient (Wildman–Crippen LogP) is 5.50. The zero-order valence-corrected chi connectivity index (χ0v) is 15.9. The Hall–Kier alpha value is -1.95. The van der Waals surface area contributed by atoms with Gasteiger partial charge in [0.2, 0.25) is 0 Å². The van der Waals surface area contributed by atoms with Crippen molar-refractivity contribution < 1.29 is 0 Å². The predicted molar refractivity (Wildman–Crippen MR) is 111 cm³/mol. The molecule has 0 saturated heterocycles. The highest BCUT2D eigenvalue weighted by Gasteiger charge is 2.06. The summed E-state index contributed by atoms with van der Waals surface area (Å²) < 4.78 is 0. The van der Waals surface area contributed by atoms with Gasteiger partial charge in [0.25, 0.3) is 0 Å². The summed E-state index contributed by atoms with van der Waals surface area (Å²) in [6.07, 6.45) is 2.07. The summed E-state index contributed by atoms with van der Waals surface area (Å²) in [6.45, 7) is 3.07. The van der Waals surface area contributed by atoms with Crippen LogP contribution in [0.4, 0.5) is 0 Å². The van der Waals surface area contributed by atoms with E-state index in [1.165, 1.54) is 27.8 Å². The summed E-state index contributed by atoms with van der Waals surface area (Å²) in [5, 5.41) is 3.58. The largest absolute Gasteiger partial charge is 0.303 e. The molecule has 0 aliphatic heterocycles. The van der Waals surface area contributed by atoms with Crippen LogP contribution in [0.15, 0.2) is 78.9 Å². The van der Waals surface area contributed by atoms with Gasteiger partial charge < -0.3 is 5.32 Å². The topological polar surface area (TPSA) is 12.0 Å². The van der Waals surface area contributed by atoms with Crippen molar-refractivity contribution >= 4 is 9.24 Å². The van der Waals surface area contributed by atoms with Gasteiger partial charge >= 0.3 is 0 Å². The Morgan fingerprint density at radius 2 is 1.44 bits per heavy atom. The molecular weight excluding hydrogens is 321 g/mol. The van der Waals surface area contributed by atoms with Gasteiger partial charge in [-0.25, -0.2) is 0 Å². The Bertz CT molecular complexity index is 781. The molecule has 2 unspecified atom stereocenters. The fourth-order valence-corrected chi connectivity index (χ4v) is 3.29. The molecule has 1 nitrogen and oxygen atoms in total. The molecule has 0 fully saturated rings. The lowest BCUT2D eigenvalue weighted by Gasteiger charge is -2.15. The second-order valence-corrected chi connectivity index (χ2v) is 7.10. The first-order valence-corrected chi connectivity index (χ1v) is 9.61. The smallest absolute Gasteiger partial charge is 0.0466 e. The molecular formula is C23H26NP. The molecule has 0 aliphatic carbocycles. The number of hydrogen-bond donors (Lipinski definition) is 1. The first-order chi connectivity index (χ1) is 12.2. The van der Waals surface area contributed by atoms with E-state index in [9.17, 15) is 0 Å². The molecule has 0 heterocycles. The maximum absolute atomic E-state index is 3.58. The molecule has 0 radical (unpaired) electrons. The summed E-state index contributed by atoms with van der Waals surface area (Å²) in [4.78, 5) is 0. The highest BCUT2D eigenvalue weighted by Crippen LogP contribution is 2.22. The van der Waals surface area contributed by atoms with Gasteiger partial charge in [-0.15, -0.1) is 9.24 Å². The molecule has 3 aromatic rings. The van der Waals surface area contributed by atoms with Crippen LogP contribution in [-0.4, -0.2) is 0 Å². The van der Waals surface area contributed by atoms with Gasteiger partial charge in [0.1, 0.15) is 0 Å². The molecule has 0 aliphatic rings. The summed E-state index contributed by atoms with van der Waals surface area (Å²) in [5.41, 5.74) is 6.74. The van der Waals surface area contributed by atoms with Crippen LogP contribution in [-0.2, 0) is 19.4 Å². The molecule has 2 atom stereocenters. The second-order valence-electron chi connectivity index (χ2n) is 6.44. The molecule has 0 bridgehead atoms. The number of rotatable bonds is 7. The lowest BCUT2D eigenvalue weighted by atomic mass is 10.0. The zero-order chi connectivity index (χ0) is 17.5. The van der Waals surface area contributed by atoms with Crippen molar-refractivity contribution in [2.45, 2.75) is 32.1 Å². The zero-order valence-electron chi connectivity index (χ0n) is 14.8. The monoisotopic (exact) mass is 347 g/mol. The van der Waals surface area contributed by atoms with Gasteiger partial charge in [-0.2, -0.15) is 0 Å². The fraction of sp³-hybridized carbons (Fsp3) is 0.217. The van der Waals surface area contributed by atoms with E-state index in [-0.39, 0.29) is 5.78 Å². The van der Waals surface area contributed by atoms with Crippen LogP contribution in [0.25, 0.3) is 0 Å². The van der Waals surface area contributed by atoms with Crippen molar-refractivity contribution in [3.63, 3.8) is 0 Å². The second kappa shape index (κ2) is 8.94. The quantitative estimate of drug-likeness (QED) is 0.556. The molecule has 3 aromatic carbocycles. The van der Waals surface area contributed by atoms with Crippen molar-refractivity contribution in [3.05, 3.63) is 107 Å². The lowest BCUT2D eigenvalue weighted by Crippen LogP contribution is -2.15. The van der Waals surface area contributed by atoms with Gasteiger partial charge in [-0.3, -0.25) is 0 Å². The van der Waals surface area contributed by atoms with Crippen molar-refractivity contribution in [3.8, 4) is 0 Å². The Morgan fingerprint density at radius 1 is 0.760 bits per heavy atom. The summed E-state index contributed by atoms with van der Waals surface area (Å²) in [5.74, 6) is 0.252. The van der Waals surface area contributed by atoms with Crippen LogP contribution < -0.4 is 5.32 Å². The molecule has 0 amide bonds. The molecule has 0 spiro atoms. The Balaban J connectivity index is 1.63. The molecule has 0 saturated carbocycles. The van der Waals surface area contributed by atoms with Crippen molar-refractivity contribution in [2.24, 2.45) is 0 Å². The summed E-state index contributed by atoms with van der Waals surface area (Å²) >= 11 is 0. The van der Waals surface area contributed by atoms with E-state index in [1.807, 2.05) is 0 Å². The normalized spacial score (nSPS) is 12.1. The fourth-order valence-electron chi connectivity index (χ4n) is 2.97. The van der Waals surface area contributed by atoms with E-state index in [4.69, 9.17) is 0 Å². The first kappa shape index (κ1) is 17.9. The molecule has 2 heteroatoms. The Kier molecular flexibility index (Phi) is 6.39. The summed E-state index contributed by atoms with van der Waals surface area (Å²) in [6, 6.07) is 28.4. The van der Waals surface area contributed by atoms with Crippen LogP contribution in [0.3, 0.4) is 0 Å². The van der Waals surface area contributed by atoms with E-state index >= 15 is 0 Å². The minimum Gasteiger partial charge on any atom is -0.303 e. The number of hydrogen-bond acceptors (Lipinski definition) is 1. The SMILES string of the molecule is CCc1ccc(Cc2cccc(C(P)NCc3ccccc3)c2)cc1. The minimum atomic E-state index is 0.252. The van der Waals surface area contributed by atoms with E-state index in [2.05, 4.69) is 100 Å². The standard InChI is InChI=1S/C23H26NP/c1-2-18-11-13-19(14-12-18)15-21-9-6-10-22(16-21)23(25)24-17-20-7-4-3-5-8-20/h3-14,16,23-24H,2,15,17,25H2,1H3. The Morgan fingerprint density at radius 3 is 2.16 bits per heavy atom. The van der Waals surface area contributed by atoms with Crippen molar-refractivity contribution in [1.82, 2.24) is 5.32 Å². The average molecular weight is 347 g/mol. The maximum Gasteiger partial charge on any atom is 0.0466 e. The minimum absolute atomic E-state index is 0.252. The third-order valence-corrected chi connectivity index (χ3v) is 5.14. The van der Waals surface area contributed by atoms with Gasteiger partial charge in [0, 0.05) is 12.3 Å². The van der Waals surface area contributed by atoms with Crippen LogP contribution in [0.5, 0.6) is 0 Å². The van der Waals surface area contributed by atoms with Crippen LogP contribution in [0, 0.1) is 0 Å². The van der Waals surface area contributed by atoms with Gasteiger partial charge in [0.05, 0.1) is 0 Å². The molecule has 0 aromatic heterocycles. The Labute approximate surface area is 153 Å². The average Bonchev–Trinajstić information content (AvgIpc) is 2.68. The summed E-state index contributed by atoms with van der Waals surface area (Å²) in [7, 11) is 2.92. The third-order valence-electron chi connectivity index (χ3n) is 4.52. The molecule has 1 N–H and O–H groups in total. The maximum atomic E-state index is 3.58. The third kappa shape index (κ3) is 5.26. The van der Waals surface area contributed by atoms with Gasteiger partial charge in [0.15, 0.2) is 0 Å². The molecule has 3 rings (SSSR count). The van der Waals surface area contributed by atoms with E-state index in [0.717, 1.165) is 19.4 Å². The molecule has 128 valence electrons. The number of aryl methyl sites for hydroxylation is 1. The van der Waals surface area contributed by atoms with Crippen LogP contribution in [0.1, 0.15) is 40.5 Å². The number of benzene rings is 3. The lowest BCUT2D eigenvalue weighted by molar-refractivity contribution is 0.677. The van der Waals surface area contributed by atoms with Gasteiger partial charge in [-0.05, 0) is 40.7 Å². The highest BCUT2D eigenvalue weighted by molar-refractivity contribution is 7.17. The van der Waals surface area contributed by atoms with Crippen molar-refractivity contribution in [1.29, 1.82) is 0 Å². The first-order valence-electron chi connectivity index (χ1n) is 8.94. The highest BCUT2D eigenvalue weighted by atomic mass is 31.0. The van der Waals surface area contributed by atoms with Crippen molar-refractivity contribution in [2.75, 3.05) is 0 Å². The number of nitrogens with one attached hydrogen (secondary N) is 1. The van der Waals surface area contributed by atoms with Crippen LogP contribution in [0.2, 0.25) is 0 Å². The van der Waals surface area contributed by atoms with E-state index in [0.29, 0.717) is 0 Å². The van der Waals surface area contributed by atoms with E-state index < -0.39 is 0 Å². The van der Waals surface area contributed by atoms with Gasteiger partial charge in [-0.1, -0.05) is 85.8 Å². The van der Waals surface area contributed by atoms with Crippen LogP contribution >= 0.6 is 9.24 Å². The molecule has 25 heavy (non-hydrogen) atoms. The van der Waals surface area contributed by atoms with E-state index in [1.54, 1.807) is 0 Å².